The number of thiophene rings is 1. The van der Waals surface area contributed by atoms with Crippen LogP contribution < -0.4 is 0 Å². The van der Waals surface area contributed by atoms with Crippen LogP contribution in [0.1, 0.15) is 25.7 Å². The van der Waals surface area contributed by atoms with Crippen LogP contribution in [-0.4, -0.2) is 38.4 Å². The van der Waals surface area contributed by atoms with Gasteiger partial charge in [-0.25, -0.2) is 8.42 Å². The Morgan fingerprint density at radius 2 is 2.30 bits per heavy atom. The molecule has 1 aliphatic heterocycles. The van der Waals surface area contributed by atoms with Crippen molar-refractivity contribution < 1.29 is 17.9 Å². The number of esters is 1. The largest absolute Gasteiger partial charge is 0.469 e. The molecule has 0 aromatic carbocycles. The molecule has 0 radical (unpaired) electrons. The van der Waals surface area contributed by atoms with E-state index in [2.05, 4.69) is 20.7 Å². The van der Waals surface area contributed by atoms with Crippen LogP contribution in [-0.2, 0) is 19.6 Å². The van der Waals surface area contributed by atoms with Crippen molar-refractivity contribution >= 4 is 43.3 Å². The number of hydrogen-bond acceptors (Lipinski definition) is 5. The molecule has 0 bridgehead atoms. The zero-order valence-electron chi connectivity index (χ0n) is 11.0. The first-order valence-electron chi connectivity index (χ1n) is 6.28. The van der Waals surface area contributed by atoms with E-state index in [1.807, 2.05) is 0 Å². The fourth-order valence-electron chi connectivity index (χ4n) is 2.34. The number of sulfonamides is 1. The first kappa shape index (κ1) is 15.9. The van der Waals surface area contributed by atoms with Gasteiger partial charge in [0.05, 0.1) is 13.5 Å². The summed E-state index contributed by atoms with van der Waals surface area (Å²) in [5, 5.41) is 1.73. The Kier molecular flexibility index (Phi) is 5.22. The molecule has 5 nitrogen and oxygen atoms in total. The van der Waals surface area contributed by atoms with Crippen LogP contribution in [0.4, 0.5) is 0 Å². The van der Waals surface area contributed by atoms with Crippen LogP contribution in [0, 0.1) is 0 Å². The molecule has 20 heavy (non-hydrogen) atoms. The van der Waals surface area contributed by atoms with Gasteiger partial charge < -0.3 is 4.74 Å². The number of ether oxygens (including phenoxy) is 1. The van der Waals surface area contributed by atoms with Crippen molar-refractivity contribution in [2.75, 3.05) is 13.7 Å². The van der Waals surface area contributed by atoms with Crippen LogP contribution in [0.5, 0.6) is 0 Å². The Balaban J connectivity index is 2.28. The second-order valence-electron chi connectivity index (χ2n) is 4.60. The summed E-state index contributed by atoms with van der Waals surface area (Å²) in [5.41, 5.74) is 0. The van der Waals surface area contributed by atoms with Crippen LogP contribution in [0.15, 0.2) is 20.1 Å². The van der Waals surface area contributed by atoms with Gasteiger partial charge in [0.2, 0.25) is 0 Å². The summed E-state index contributed by atoms with van der Waals surface area (Å²) in [6.45, 7) is 0.453. The Labute approximate surface area is 131 Å². The molecule has 0 saturated carbocycles. The van der Waals surface area contributed by atoms with Crippen LogP contribution in [0.3, 0.4) is 0 Å². The highest BCUT2D eigenvalue weighted by atomic mass is 79.9. The molecule has 1 atom stereocenters. The monoisotopic (exact) mass is 381 g/mol. The normalized spacial score (nSPS) is 20.8. The van der Waals surface area contributed by atoms with E-state index in [1.165, 1.54) is 22.8 Å². The van der Waals surface area contributed by atoms with Gasteiger partial charge in [0, 0.05) is 17.1 Å². The molecule has 2 rings (SSSR count). The first-order valence-corrected chi connectivity index (χ1v) is 9.39. The smallest absolute Gasteiger partial charge is 0.307 e. The van der Waals surface area contributed by atoms with Gasteiger partial charge in [0.15, 0.2) is 0 Å². The number of hydrogen-bond donors (Lipinski definition) is 0. The number of carbonyl (C=O) groups excluding carboxylic acids is 1. The molecule has 1 aliphatic rings. The second-order valence-corrected chi connectivity index (χ2v) is 8.46. The quantitative estimate of drug-likeness (QED) is 0.751. The van der Waals surface area contributed by atoms with Crippen molar-refractivity contribution in [3.63, 3.8) is 0 Å². The minimum atomic E-state index is -3.56. The van der Waals surface area contributed by atoms with Gasteiger partial charge in [-0.1, -0.05) is 6.42 Å². The summed E-state index contributed by atoms with van der Waals surface area (Å²) in [6.07, 6.45) is 2.55. The number of halogens is 1. The third-order valence-electron chi connectivity index (χ3n) is 3.33. The lowest BCUT2D eigenvalue weighted by molar-refractivity contribution is -0.141. The minimum Gasteiger partial charge on any atom is -0.469 e. The third-order valence-corrected chi connectivity index (χ3v) is 7.93. The van der Waals surface area contributed by atoms with Crippen LogP contribution in [0.25, 0.3) is 0 Å². The number of nitrogens with zero attached hydrogens (tertiary/aromatic N) is 1. The molecule has 112 valence electrons. The van der Waals surface area contributed by atoms with Crippen LogP contribution in [0.2, 0.25) is 0 Å². The molecule has 0 aliphatic carbocycles. The number of piperidine rings is 1. The molecule has 1 saturated heterocycles. The van der Waals surface area contributed by atoms with Crippen molar-refractivity contribution in [1.82, 2.24) is 4.31 Å². The highest BCUT2D eigenvalue weighted by molar-refractivity contribution is 9.10. The molecule has 1 aromatic heterocycles. The molecule has 8 heteroatoms. The molecule has 1 aromatic rings. The summed E-state index contributed by atoms with van der Waals surface area (Å²) in [4.78, 5) is 11.5. The molecular weight excluding hydrogens is 366 g/mol. The maximum atomic E-state index is 12.7. The second kappa shape index (κ2) is 6.55. The van der Waals surface area contributed by atoms with E-state index in [9.17, 15) is 13.2 Å². The fraction of sp³-hybridized carbons (Fsp3) is 0.583. The van der Waals surface area contributed by atoms with E-state index in [4.69, 9.17) is 0 Å². The van der Waals surface area contributed by atoms with Gasteiger partial charge in [-0.2, -0.15) is 4.31 Å². The van der Waals surface area contributed by atoms with Gasteiger partial charge in [-0.05, 0) is 40.2 Å². The molecular formula is C12H16BrNO4S2. The lowest BCUT2D eigenvalue weighted by atomic mass is 10.0. The average molecular weight is 382 g/mol. The predicted octanol–water partition coefficient (Wildman–Crippen LogP) is 2.62. The third kappa shape index (κ3) is 3.24. The first-order chi connectivity index (χ1) is 9.46. The summed E-state index contributed by atoms with van der Waals surface area (Å²) in [6, 6.07) is 1.41. The molecule has 0 N–H and O–H groups in total. The Morgan fingerprint density at radius 3 is 2.90 bits per heavy atom. The molecule has 1 unspecified atom stereocenters. The van der Waals surface area contributed by atoms with E-state index < -0.39 is 10.0 Å². The van der Waals surface area contributed by atoms with E-state index in [1.54, 1.807) is 11.4 Å². The maximum Gasteiger partial charge on any atom is 0.307 e. The minimum absolute atomic E-state index is 0.110. The van der Waals surface area contributed by atoms with Crippen LogP contribution >= 0.6 is 27.3 Å². The van der Waals surface area contributed by atoms with E-state index in [-0.39, 0.29) is 18.4 Å². The molecule has 0 spiro atoms. The Bertz CT molecular complexity index is 584. The predicted molar refractivity (Wildman–Crippen MR) is 80.2 cm³/mol. The summed E-state index contributed by atoms with van der Waals surface area (Å²) in [5.74, 6) is -0.373. The molecule has 1 fully saturated rings. The standard InChI is InChI=1S/C12H16BrNO4S2/c1-18-11(15)8-9-4-2-3-6-14(9)20(16,17)12-10(13)5-7-19-12/h5,7,9H,2-4,6,8H2,1H3. The Hall–Kier alpha value is -0.440. The summed E-state index contributed by atoms with van der Waals surface area (Å²) < 4.78 is 32.4. The van der Waals surface area contributed by atoms with Crippen molar-refractivity contribution in [1.29, 1.82) is 0 Å². The van der Waals surface area contributed by atoms with Gasteiger partial charge >= 0.3 is 5.97 Å². The lowest BCUT2D eigenvalue weighted by Crippen LogP contribution is -2.44. The zero-order valence-corrected chi connectivity index (χ0v) is 14.3. The van der Waals surface area contributed by atoms with Gasteiger partial charge in [0.25, 0.3) is 10.0 Å². The topological polar surface area (TPSA) is 63.7 Å². The summed E-state index contributed by atoms with van der Waals surface area (Å²) >= 11 is 4.45. The van der Waals surface area contributed by atoms with Crippen molar-refractivity contribution in [3.8, 4) is 0 Å². The fourth-order valence-corrected chi connectivity index (χ4v) is 6.46. The highest BCUT2D eigenvalue weighted by Crippen LogP contribution is 2.34. The van der Waals surface area contributed by atoms with E-state index >= 15 is 0 Å². The number of methoxy groups -OCH3 is 1. The SMILES string of the molecule is COC(=O)CC1CCCCN1S(=O)(=O)c1sccc1Br. The maximum absolute atomic E-state index is 12.7. The van der Waals surface area contributed by atoms with Crippen molar-refractivity contribution in [2.24, 2.45) is 0 Å². The number of rotatable bonds is 4. The molecule has 2 heterocycles. The van der Waals surface area contributed by atoms with Gasteiger partial charge in [-0.15, -0.1) is 11.3 Å². The van der Waals surface area contributed by atoms with Gasteiger partial charge in [0.1, 0.15) is 4.21 Å². The van der Waals surface area contributed by atoms with E-state index in [0.29, 0.717) is 21.6 Å². The number of carbonyl (C=O) groups is 1. The average Bonchev–Trinajstić information content (AvgIpc) is 2.86. The summed E-state index contributed by atoms with van der Waals surface area (Å²) in [7, 11) is -2.24. The highest BCUT2D eigenvalue weighted by Gasteiger charge is 2.36. The zero-order chi connectivity index (χ0) is 14.8. The van der Waals surface area contributed by atoms with E-state index in [0.717, 1.165) is 12.8 Å². The lowest BCUT2D eigenvalue weighted by Gasteiger charge is -2.33. The molecule has 0 amide bonds. The Morgan fingerprint density at radius 1 is 1.55 bits per heavy atom. The van der Waals surface area contributed by atoms with Crippen molar-refractivity contribution in [2.45, 2.75) is 35.9 Å². The van der Waals surface area contributed by atoms with Gasteiger partial charge in [-0.3, -0.25) is 4.79 Å². The van der Waals surface area contributed by atoms with Crippen molar-refractivity contribution in [3.05, 3.63) is 15.9 Å².